The molecule has 4 heteroatoms. The van der Waals surface area contributed by atoms with Gasteiger partial charge in [-0.25, -0.2) is 0 Å². The first kappa shape index (κ1) is 15.2. The van der Waals surface area contributed by atoms with Gasteiger partial charge in [-0.3, -0.25) is 9.80 Å². The minimum Gasteiger partial charge on any atom is -0.381 e. The summed E-state index contributed by atoms with van der Waals surface area (Å²) in [5.74, 6) is 0. The average molecular weight is 269 g/mol. The zero-order chi connectivity index (χ0) is 13.7. The molecular formula is C15H31N3O. The van der Waals surface area contributed by atoms with E-state index in [1.807, 2.05) is 0 Å². The van der Waals surface area contributed by atoms with Gasteiger partial charge in [0.1, 0.15) is 0 Å². The smallest absolute Gasteiger partial charge is 0.0484 e. The van der Waals surface area contributed by atoms with Crippen molar-refractivity contribution in [3.63, 3.8) is 0 Å². The third kappa shape index (κ3) is 3.30. The lowest BCUT2D eigenvalue weighted by Crippen LogP contribution is -2.54. The number of hydrogen-bond donors (Lipinski definition) is 1. The predicted molar refractivity (Wildman–Crippen MR) is 79.4 cm³/mol. The summed E-state index contributed by atoms with van der Waals surface area (Å²) in [5, 5.41) is 0. The lowest BCUT2D eigenvalue weighted by molar-refractivity contribution is 0.0792. The largest absolute Gasteiger partial charge is 0.381 e. The molecule has 0 aromatic rings. The maximum Gasteiger partial charge on any atom is 0.0484 e. The molecule has 4 nitrogen and oxygen atoms in total. The highest BCUT2D eigenvalue weighted by Crippen LogP contribution is 2.31. The Morgan fingerprint density at radius 3 is 2.74 bits per heavy atom. The molecule has 2 atom stereocenters. The van der Waals surface area contributed by atoms with Crippen LogP contribution in [0.25, 0.3) is 0 Å². The molecule has 0 aromatic carbocycles. The fraction of sp³-hybridized carbons (Fsp3) is 1.00. The second-order valence-corrected chi connectivity index (χ2v) is 6.00. The highest BCUT2D eigenvalue weighted by atomic mass is 16.5. The van der Waals surface area contributed by atoms with Crippen LogP contribution in [0.3, 0.4) is 0 Å². The molecule has 0 saturated carbocycles. The van der Waals surface area contributed by atoms with Crippen LogP contribution in [0.5, 0.6) is 0 Å². The van der Waals surface area contributed by atoms with E-state index < -0.39 is 0 Å². The van der Waals surface area contributed by atoms with Crippen LogP contribution in [0.1, 0.15) is 39.5 Å². The number of hydrogen-bond acceptors (Lipinski definition) is 4. The highest BCUT2D eigenvalue weighted by molar-refractivity contribution is 4.98. The molecule has 0 amide bonds. The van der Waals surface area contributed by atoms with Crippen LogP contribution in [0.15, 0.2) is 0 Å². The van der Waals surface area contributed by atoms with E-state index >= 15 is 0 Å². The van der Waals surface area contributed by atoms with Crippen LogP contribution in [0, 0.1) is 0 Å². The van der Waals surface area contributed by atoms with Gasteiger partial charge in [-0.05, 0) is 38.8 Å². The van der Waals surface area contributed by atoms with Gasteiger partial charge in [0.05, 0.1) is 0 Å². The minimum atomic E-state index is 0.207. The first-order valence-electron chi connectivity index (χ1n) is 8.02. The molecule has 0 aliphatic carbocycles. The molecule has 2 unspecified atom stereocenters. The summed E-state index contributed by atoms with van der Waals surface area (Å²) in [5.41, 5.74) is 6.37. The Morgan fingerprint density at radius 2 is 2.05 bits per heavy atom. The number of rotatable bonds is 5. The van der Waals surface area contributed by atoms with E-state index in [9.17, 15) is 0 Å². The van der Waals surface area contributed by atoms with Crippen molar-refractivity contribution in [1.29, 1.82) is 0 Å². The van der Waals surface area contributed by atoms with Crippen molar-refractivity contribution < 1.29 is 4.74 Å². The van der Waals surface area contributed by atoms with Crippen LogP contribution in [0.2, 0.25) is 0 Å². The van der Waals surface area contributed by atoms with Crippen molar-refractivity contribution in [2.75, 3.05) is 45.9 Å². The molecule has 2 saturated heterocycles. The summed E-state index contributed by atoms with van der Waals surface area (Å²) < 4.78 is 5.64. The van der Waals surface area contributed by atoms with Crippen LogP contribution in [-0.2, 0) is 4.74 Å². The number of nitrogens with two attached hydrogens (primary N) is 1. The van der Waals surface area contributed by atoms with Crippen LogP contribution in [0.4, 0.5) is 0 Å². The zero-order valence-corrected chi connectivity index (χ0v) is 12.7. The van der Waals surface area contributed by atoms with E-state index in [-0.39, 0.29) is 5.54 Å². The van der Waals surface area contributed by atoms with Gasteiger partial charge in [0, 0.05) is 44.4 Å². The highest BCUT2D eigenvalue weighted by Gasteiger charge is 2.40. The van der Waals surface area contributed by atoms with E-state index in [2.05, 4.69) is 23.6 Å². The summed E-state index contributed by atoms with van der Waals surface area (Å²) in [6.45, 7) is 11.8. The van der Waals surface area contributed by atoms with Gasteiger partial charge in [0.2, 0.25) is 0 Å². The first-order chi connectivity index (χ1) is 9.25. The SMILES string of the molecule is CCN(CC)C1CCN(C2(CN)CCCOCC2)C1. The molecule has 19 heavy (non-hydrogen) atoms. The van der Waals surface area contributed by atoms with Crippen molar-refractivity contribution in [2.45, 2.75) is 51.1 Å². The van der Waals surface area contributed by atoms with Gasteiger partial charge in [-0.2, -0.15) is 0 Å². The summed E-state index contributed by atoms with van der Waals surface area (Å²) in [6.07, 6.45) is 4.76. The van der Waals surface area contributed by atoms with E-state index in [1.165, 1.54) is 25.9 Å². The van der Waals surface area contributed by atoms with Gasteiger partial charge >= 0.3 is 0 Å². The Kier molecular flexibility index (Phi) is 5.63. The van der Waals surface area contributed by atoms with Gasteiger partial charge in [-0.15, -0.1) is 0 Å². The second-order valence-electron chi connectivity index (χ2n) is 6.00. The van der Waals surface area contributed by atoms with E-state index in [4.69, 9.17) is 10.5 Å². The minimum absolute atomic E-state index is 0.207. The summed E-state index contributed by atoms with van der Waals surface area (Å²) in [4.78, 5) is 5.27. The molecule has 2 fully saturated rings. The topological polar surface area (TPSA) is 41.7 Å². The Morgan fingerprint density at radius 1 is 1.26 bits per heavy atom. The molecule has 2 heterocycles. The fourth-order valence-electron chi connectivity index (χ4n) is 3.85. The Hall–Kier alpha value is -0.160. The Bertz CT molecular complexity index is 260. The molecule has 112 valence electrons. The molecule has 2 aliphatic heterocycles. The number of nitrogens with zero attached hydrogens (tertiary/aromatic N) is 2. The Labute approximate surface area is 118 Å². The summed E-state index contributed by atoms with van der Waals surface area (Å²) in [7, 11) is 0. The molecule has 0 bridgehead atoms. The normalized spacial score (nSPS) is 33.8. The van der Waals surface area contributed by atoms with Gasteiger partial charge in [0.25, 0.3) is 0 Å². The van der Waals surface area contributed by atoms with E-state index in [1.54, 1.807) is 0 Å². The van der Waals surface area contributed by atoms with Gasteiger partial charge in [-0.1, -0.05) is 13.8 Å². The summed E-state index contributed by atoms with van der Waals surface area (Å²) >= 11 is 0. The number of ether oxygens (including phenoxy) is 1. The van der Waals surface area contributed by atoms with Gasteiger partial charge in [0.15, 0.2) is 0 Å². The van der Waals surface area contributed by atoms with Crippen molar-refractivity contribution in [3.05, 3.63) is 0 Å². The van der Waals surface area contributed by atoms with Gasteiger partial charge < -0.3 is 10.5 Å². The van der Waals surface area contributed by atoms with Crippen molar-refractivity contribution >= 4 is 0 Å². The summed E-state index contributed by atoms with van der Waals surface area (Å²) in [6, 6.07) is 0.725. The van der Waals surface area contributed by atoms with E-state index in [0.29, 0.717) is 0 Å². The molecule has 0 aromatic heterocycles. The molecule has 0 radical (unpaired) electrons. The third-order valence-corrected chi connectivity index (χ3v) is 5.19. The third-order valence-electron chi connectivity index (χ3n) is 5.19. The van der Waals surface area contributed by atoms with Crippen molar-refractivity contribution in [1.82, 2.24) is 9.80 Å². The average Bonchev–Trinajstić information content (AvgIpc) is 2.80. The predicted octanol–water partition coefficient (Wildman–Crippen LogP) is 1.30. The lowest BCUT2D eigenvalue weighted by Gasteiger charge is -2.41. The zero-order valence-electron chi connectivity index (χ0n) is 12.7. The van der Waals surface area contributed by atoms with Crippen molar-refractivity contribution in [2.24, 2.45) is 5.73 Å². The fourth-order valence-corrected chi connectivity index (χ4v) is 3.85. The molecule has 2 N–H and O–H groups in total. The lowest BCUT2D eigenvalue weighted by atomic mass is 9.89. The van der Waals surface area contributed by atoms with Crippen LogP contribution < -0.4 is 5.73 Å². The van der Waals surface area contributed by atoms with E-state index in [0.717, 1.165) is 51.7 Å². The first-order valence-corrected chi connectivity index (χ1v) is 8.02. The van der Waals surface area contributed by atoms with Crippen LogP contribution in [-0.4, -0.2) is 67.3 Å². The molecule has 0 spiro atoms. The number of likely N-dealkylation sites (N-methyl/N-ethyl adjacent to an activating group) is 1. The molecule has 2 aliphatic rings. The molecular weight excluding hydrogens is 238 g/mol. The maximum absolute atomic E-state index is 6.16. The standard InChI is InChI=1S/C15H31N3O/c1-3-17(4-2)14-6-9-18(12-14)15(13-16)7-5-10-19-11-8-15/h14H,3-13,16H2,1-2H3. The van der Waals surface area contributed by atoms with Crippen molar-refractivity contribution in [3.8, 4) is 0 Å². The number of likely N-dealkylation sites (tertiary alicyclic amines) is 1. The Balaban J connectivity index is 2.00. The quantitative estimate of drug-likeness (QED) is 0.817. The monoisotopic (exact) mass is 269 g/mol. The molecule has 2 rings (SSSR count). The second kappa shape index (κ2) is 7.02. The van der Waals surface area contributed by atoms with Crippen LogP contribution >= 0.6 is 0 Å². The maximum atomic E-state index is 6.16.